The summed E-state index contributed by atoms with van der Waals surface area (Å²) < 4.78 is 31.3. The minimum atomic E-state index is -0.308. The lowest BCUT2D eigenvalue weighted by Gasteiger charge is -2.22. The van der Waals surface area contributed by atoms with Crippen molar-refractivity contribution in [2.45, 2.75) is 51.2 Å². The number of rotatable bonds is 19. The summed E-state index contributed by atoms with van der Waals surface area (Å²) in [5.74, 6) is 0. The van der Waals surface area contributed by atoms with Crippen LogP contribution in [0.25, 0.3) is 0 Å². The Labute approximate surface area is 181 Å². The number of hydrogen-bond acceptors (Lipinski definition) is 9. The topological polar surface area (TPSA) is 116 Å². The third kappa shape index (κ3) is 23.9. The van der Waals surface area contributed by atoms with Crippen LogP contribution >= 0.6 is 0 Å². The zero-order valence-corrected chi connectivity index (χ0v) is 18.7. The molecule has 0 aromatic carbocycles. The molecule has 0 heterocycles. The Morgan fingerprint density at radius 1 is 0.633 bits per heavy atom. The summed E-state index contributed by atoms with van der Waals surface area (Å²) in [5, 5.41) is 25.9. The van der Waals surface area contributed by atoms with Crippen LogP contribution in [-0.2, 0) is 28.4 Å². The van der Waals surface area contributed by atoms with Gasteiger partial charge in [-0.3, -0.25) is 0 Å². The molecular formula is C21H44O9. The smallest absolute Gasteiger partial charge is 0.0745 e. The summed E-state index contributed by atoms with van der Waals surface area (Å²) >= 11 is 0. The van der Waals surface area contributed by atoms with E-state index in [2.05, 4.69) is 0 Å². The van der Waals surface area contributed by atoms with E-state index in [0.29, 0.717) is 78.8 Å². The second-order valence-corrected chi connectivity index (χ2v) is 6.95. The molecule has 1 unspecified atom stereocenters. The molecule has 1 saturated carbocycles. The van der Waals surface area contributed by atoms with Crippen LogP contribution in [0.5, 0.6) is 0 Å². The average molecular weight is 441 g/mol. The van der Waals surface area contributed by atoms with Gasteiger partial charge >= 0.3 is 0 Å². The summed E-state index contributed by atoms with van der Waals surface area (Å²) in [5.41, 5.74) is 0. The monoisotopic (exact) mass is 440 g/mol. The van der Waals surface area contributed by atoms with Crippen molar-refractivity contribution in [3.05, 3.63) is 0 Å². The summed E-state index contributed by atoms with van der Waals surface area (Å²) in [6, 6.07) is 0. The van der Waals surface area contributed by atoms with Crippen LogP contribution in [0.15, 0.2) is 0 Å². The Morgan fingerprint density at radius 2 is 1.00 bits per heavy atom. The number of aliphatic hydroxyl groups is 3. The molecule has 0 radical (unpaired) electrons. The SMILES string of the molecule is CC(O)COC1CCCCC1.OCCOCCOCCOCCOCCOCCO. The van der Waals surface area contributed by atoms with Crippen molar-refractivity contribution in [1.29, 1.82) is 0 Å². The van der Waals surface area contributed by atoms with E-state index in [4.69, 9.17) is 43.7 Å². The third-order valence-corrected chi connectivity index (χ3v) is 4.08. The van der Waals surface area contributed by atoms with Gasteiger partial charge in [0.15, 0.2) is 0 Å². The largest absolute Gasteiger partial charge is 0.394 e. The van der Waals surface area contributed by atoms with E-state index in [9.17, 15) is 0 Å². The van der Waals surface area contributed by atoms with Gasteiger partial charge in [0.05, 0.1) is 98.1 Å². The van der Waals surface area contributed by atoms with Crippen LogP contribution in [0.4, 0.5) is 0 Å². The fourth-order valence-electron chi connectivity index (χ4n) is 2.62. The van der Waals surface area contributed by atoms with Crippen molar-refractivity contribution in [2.75, 3.05) is 85.9 Å². The summed E-state index contributed by atoms with van der Waals surface area (Å²) in [6.45, 7) is 7.08. The molecule has 0 saturated heterocycles. The number of hydrogen-bond donors (Lipinski definition) is 3. The molecule has 9 heteroatoms. The summed E-state index contributed by atoms with van der Waals surface area (Å²) in [7, 11) is 0. The van der Waals surface area contributed by atoms with Gasteiger partial charge in [-0.2, -0.15) is 0 Å². The molecule has 0 aliphatic heterocycles. The van der Waals surface area contributed by atoms with Crippen molar-refractivity contribution in [2.24, 2.45) is 0 Å². The Bertz CT molecular complexity index is 297. The molecular weight excluding hydrogens is 396 g/mol. The van der Waals surface area contributed by atoms with E-state index < -0.39 is 0 Å². The molecule has 0 amide bonds. The minimum Gasteiger partial charge on any atom is -0.394 e. The van der Waals surface area contributed by atoms with E-state index >= 15 is 0 Å². The molecule has 1 fully saturated rings. The van der Waals surface area contributed by atoms with Gasteiger partial charge in [0.25, 0.3) is 0 Å². The van der Waals surface area contributed by atoms with Gasteiger partial charge in [-0.05, 0) is 19.8 Å². The highest BCUT2D eigenvalue weighted by Gasteiger charge is 2.13. The first-order chi connectivity index (χ1) is 14.7. The fourth-order valence-corrected chi connectivity index (χ4v) is 2.62. The molecule has 9 nitrogen and oxygen atoms in total. The van der Waals surface area contributed by atoms with Crippen LogP contribution < -0.4 is 0 Å². The number of ether oxygens (including phenoxy) is 6. The van der Waals surface area contributed by atoms with Gasteiger partial charge in [0, 0.05) is 0 Å². The number of aliphatic hydroxyl groups excluding tert-OH is 3. The predicted molar refractivity (Wildman–Crippen MR) is 113 cm³/mol. The molecule has 30 heavy (non-hydrogen) atoms. The van der Waals surface area contributed by atoms with Gasteiger partial charge < -0.3 is 43.7 Å². The lowest BCUT2D eigenvalue weighted by Crippen LogP contribution is -2.21. The van der Waals surface area contributed by atoms with Gasteiger partial charge in [-0.15, -0.1) is 0 Å². The van der Waals surface area contributed by atoms with Crippen molar-refractivity contribution < 1.29 is 43.7 Å². The maximum Gasteiger partial charge on any atom is 0.0745 e. The Hall–Kier alpha value is -0.360. The molecule has 182 valence electrons. The average Bonchev–Trinajstić information content (AvgIpc) is 2.76. The molecule has 0 aromatic rings. The quantitative estimate of drug-likeness (QED) is 0.250. The van der Waals surface area contributed by atoms with Crippen LogP contribution in [0.2, 0.25) is 0 Å². The zero-order chi connectivity index (χ0) is 22.1. The van der Waals surface area contributed by atoms with Crippen LogP contribution in [-0.4, -0.2) is 113 Å². The van der Waals surface area contributed by atoms with Gasteiger partial charge in [-0.1, -0.05) is 19.3 Å². The first-order valence-electron chi connectivity index (χ1n) is 11.1. The maximum atomic E-state index is 8.96. The minimum absolute atomic E-state index is 0.0359. The lowest BCUT2D eigenvalue weighted by atomic mass is 9.98. The Morgan fingerprint density at radius 3 is 1.33 bits per heavy atom. The van der Waals surface area contributed by atoms with E-state index in [1.165, 1.54) is 32.1 Å². The predicted octanol–water partition coefficient (Wildman–Crippen LogP) is 0.771. The van der Waals surface area contributed by atoms with Gasteiger partial charge in [-0.25, -0.2) is 0 Å². The highest BCUT2D eigenvalue weighted by atomic mass is 16.6. The van der Waals surface area contributed by atoms with E-state index in [0.717, 1.165) is 0 Å². The fraction of sp³-hybridized carbons (Fsp3) is 1.00. The van der Waals surface area contributed by atoms with Crippen LogP contribution in [0.1, 0.15) is 39.0 Å². The Kier molecular flexibility index (Phi) is 24.6. The lowest BCUT2D eigenvalue weighted by molar-refractivity contribution is -0.0179. The van der Waals surface area contributed by atoms with Gasteiger partial charge in [0.1, 0.15) is 0 Å². The molecule has 1 aliphatic rings. The molecule has 1 aliphatic carbocycles. The van der Waals surface area contributed by atoms with Crippen molar-refractivity contribution in [3.8, 4) is 0 Å². The molecule has 1 rings (SSSR count). The normalized spacial score (nSPS) is 15.6. The van der Waals surface area contributed by atoms with Crippen LogP contribution in [0, 0.1) is 0 Å². The van der Waals surface area contributed by atoms with Crippen molar-refractivity contribution in [1.82, 2.24) is 0 Å². The zero-order valence-electron chi connectivity index (χ0n) is 18.7. The highest BCUT2D eigenvalue weighted by Crippen LogP contribution is 2.20. The summed E-state index contributed by atoms with van der Waals surface area (Å²) in [6.07, 6.45) is 6.44. The molecule has 0 aromatic heterocycles. The van der Waals surface area contributed by atoms with Crippen molar-refractivity contribution in [3.63, 3.8) is 0 Å². The van der Waals surface area contributed by atoms with E-state index in [-0.39, 0.29) is 19.3 Å². The molecule has 3 N–H and O–H groups in total. The Balaban J connectivity index is 0.000000642. The van der Waals surface area contributed by atoms with Gasteiger partial charge in [0.2, 0.25) is 0 Å². The highest BCUT2D eigenvalue weighted by molar-refractivity contribution is 4.65. The first kappa shape index (κ1) is 29.6. The van der Waals surface area contributed by atoms with Crippen molar-refractivity contribution >= 4 is 0 Å². The first-order valence-corrected chi connectivity index (χ1v) is 11.1. The van der Waals surface area contributed by atoms with Crippen LogP contribution in [0.3, 0.4) is 0 Å². The third-order valence-electron chi connectivity index (χ3n) is 4.08. The summed E-state index contributed by atoms with van der Waals surface area (Å²) in [4.78, 5) is 0. The van der Waals surface area contributed by atoms with E-state index in [1.807, 2.05) is 0 Å². The second-order valence-electron chi connectivity index (χ2n) is 6.95. The van der Waals surface area contributed by atoms with E-state index in [1.54, 1.807) is 6.92 Å². The molecule has 0 bridgehead atoms. The molecule has 1 atom stereocenters. The maximum absolute atomic E-state index is 8.96. The standard InChI is InChI=1S/C12H26O7.C9H18O2/c13-1-3-15-5-7-17-9-11-19-12-10-18-8-6-16-4-2-14;1-8(10)7-11-9-5-3-2-4-6-9/h13-14H,1-12H2;8-10H,2-7H2,1H3. The second kappa shape index (κ2) is 24.9. The molecule has 0 spiro atoms.